The highest BCUT2D eigenvalue weighted by molar-refractivity contribution is 9.10. The first kappa shape index (κ1) is 22.8. The van der Waals surface area contributed by atoms with Crippen molar-refractivity contribution in [3.63, 3.8) is 0 Å². The van der Waals surface area contributed by atoms with Gasteiger partial charge in [0.1, 0.15) is 27.6 Å². The molecule has 0 bridgehead atoms. The zero-order chi connectivity index (χ0) is 22.7. The maximum atomic E-state index is 12.4. The second-order valence-corrected chi connectivity index (χ2v) is 7.96. The molecule has 0 aliphatic rings. The largest absolute Gasteiger partial charge is 0.457 e. The summed E-state index contributed by atoms with van der Waals surface area (Å²) in [6, 6.07) is 12.3. The van der Waals surface area contributed by atoms with Crippen LogP contribution in [0.1, 0.15) is 5.76 Å². The Bertz CT molecular complexity index is 1280. The number of amides is 1. The first-order chi connectivity index (χ1) is 14.7. The van der Waals surface area contributed by atoms with Crippen molar-refractivity contribution in [3.8, 4) is 17.4 Å². The smallest absolute Gasteiger partial charge is 0.285 e. The van der Waals surface area contributed by atoms with Gasteiger partial charge in [0, 0.05) is 17.7 Å². The van der Waals surface area contributed by atoms with Crippen LogP contribution in [0.25, 0.3) is 17.4 Å². The van der Waals surface area contributed by atoms with E-state index < -0.39 is 10.8 Å². The maximum absolute atomic E-state index is 12.4. The Morgan fingerprint density at radius 3 is 2.61 bits per heavy atom. The van der Waals surface area contributed by atoms with Gasteiger partial charge in [-0.25, -0.2) is 0 Å². The van der Waals surface area contributed by atoms with Crippen LogP contribution in [0.5, 0.6) is 0 Å². The van der Waals surface area contributed by atoms with E-state index in [4.69, 9.17) is 39.2 Å². The van der Waals surface area contributed by atoms with Crippen molar-refractivity contribution in [2.45, 2.75) is 0 Å². The minimum atomic E-state index is -0.716. The summed E-state index contributed by atoms with van der Waals surface area (Å²) < 4.78 is 5.77. The lowest BCUT2D eigenvalue weighted by Crippen LogP contribution is -2.13. The molecule has 3 aromatic rings. The number of nitrogens with one attached hydrogen (secondary N) is 1. The number of halogens is 4. The molecule has 2 aromatic carbocycles. The predicted octanol–water partition coefficient (Wildman–Crippen LogP) is 7.12. The average Bonchev–Trinajstić information content (AvgIpc) is 3.19. The van der Waals surface area contributed by atoms with E-state index in [1.807, 2.05) is 0 Å². The van der Waals surface area contributed by atoms with Crippen LogP contribution in [-0.2, 0) is 4.79 Å². The molecule has 1 aromatic heterocycles. The zero-order valence-corrected chi connectivity index (χ0v) is 19.0. The zero-order valence-electron chi connectivity index (χ0n) is 15.2. The van der Waals surface area contributed by atoms with Crippen LogP contribution in [0.4, 0.5) is 11.4 Å². The Hall–Kier alpha value is -2.83. The highest BCUT2D eigenvalue weighted by Gasteiger charge is 2.19. The van der Waals surface area contributed by atoms with Gasteiger partial charge in [0.25, 0.3) is 11.6 Å². The molecule has 0 radical (unpaired) electrons. The normalized spacial score (nSPS) is 11.1. The summed E-state index contributed by atoms with van der Waals surface area (Å²) in [6.07, 6.45) is 1.23. The Balaban J connectivity index is 1.89. The molecule has 0 aliphatic carbocycles. The Labute approximate surface area is 199 Å². The van der Waals surface area contributed by atoms with Crippen LogP contribution < -0.4 is 5.32 Å². The predicted molar refractivity (Wildman–Crippen MR) is 122 cm³/mol. The number of anilines is 1. The van der Waals surface area contributed by atoms with E-state index in [1.54, 1.807) is 18.2 Å². The Morgan fingerprint density at radius 2 is 1.94 bits per heavy atom. The molecule has 0 atom stereocenters. The van der Waals surface area contributed by atoms with E-state index in [0.717, 1.165) is 0 Å². The average molecular weight is 542 g/mol. The van der Waals surface area contributed by atoms with Gasteiger partial charge in [-0.1, -0.05) is 40.9 Å². The third kappa shape index (κ3) is 5.09. The lowest BCUT2D eigenvalue weighted by molar-refractivity contribution is -0.385. The lowest BCUT2D eigenvalue weighted by Gasteiger charge is -2.07. The fourth-order valence-corrected chi connectivity index (χ4v) is 3.45. The molecule has 1 heterocycles. The lowest BCUT2D eigenvalue weighted by atomic mass is 10.1. The van der Waals surface area contributed by atoms with Crippen molar-refractivity contribution < 1.29 is 14.1 Å². The highest BCUT2D eigenvalue weighted by Crippen LogP contribution is 2.37. The Kier molecular flexibility index (Phi) is 7.03. The molecule has 0 unspecified atom stereocenters. The molecule has 31 heavy (non-hydrogen) atoms. The van der Waals surface area contributed by atoms with Gasteiger partial charge >= 0.3 is 0 Å². The number of nitro groups is 1. The molecule has 0 fully saturated rings. The maximum Gasteiger partial charge on any atom is 0.285 e. The molecule has 3 rings (SSSR count). The van der Waals surface area contributed by atoms with Gasteiger partial charge in [-0.15, -0.1) is 0 Å². The standard InChI is InChI=1S/C20H9BrCl3N3O4/c21-18-14(23)7-10(8-16(18)27(29)30)17-5-4-12(31-17)6-11(9-25)20(28)26-15-3-1-2-13(22)19(15)24/h1-8H,(H,26,28)/b11-6-. The summed E-state index contributed by atoms with van der Waals surface area (Å²) >= 11 is 21.1. The van der Waals surface area contributed by atoms with E-state index in [1.165, 1.54) is 36.4 Å². The quantitative estimate of drug-likeness (QED) is 0.160. The summed E-state index contributed by atoms with van der Waals surface area (Å²) in [7, 11) is 0. The first-order valence-electron chi connectivity index (χ1n) is 8.32. The molecular formula is C20H9BrCl3N3O4. The van der Waals surface area contributed by atoms with E-state index >= 15 is 0 Å². The molecule has 0 saturated heterocycles. The second kappa shape index (κ2) is 9.54. The van der Waals surface area contributed by atoms with Crippen molar-refractivity contribution in [1.29, 1.82) is 5.26 Å². The van der Waals surface area contributed by atoms with Crippen LogP contribution >= 0.6 is 50.7 Å². The summed E-state index contributed by atoms with van der Waals surface area (Å²) in [5, 5.41) is 23.6. The third-order valence-corrected chi connectivity index (χ3v) is 6.15. The van der Waals surface area contributed by atoms with Gasteiger partial charge in [0.2, 0.25) is 0 Å². The molecule has 0 saturated carbocycles. The van der Waals surface area contributed by atoms with Crippen LogP contribution in [-0.4, -0.2) is 10.8 Å². The van der Waals surface area contributed by atoms with Crippen LogP contribution in [0.2, 0.25) is 15.1 Å². The number of furan rings is 1. The van der Waals surface area contributed by atoms with E-state index in [-0.39, 0.29) is 48.0 Å². The summed E-state index contributed by atoms with van der Waals surface area (Å²) in [4.78, 5) is 23.1. The van der Waals surface area contributed by atoms with E-state index in [2.05, 4.69) is 21.2 Å². The number of rotatable bonds is 5. The number of carbonyl (C=O) groups is 1. The number of benzene rings is 2. The molecule has 7 nitrogen and oxygen atoms in total. The van der Waals surface area contributed by atoms with Gasteiger partial charge < -0.3 is 9.73 Å². The molecule has 156 valence electrons. The minimum absolute atomic E-state index is 0.133. The molecule has 11 heteroatoms. The van der Waals surface area contributed by atoms with E-state index in [0.29, 0.717) is 5.56 Å². The summed E-state index contributed by atoms with van der Waals surface area (Å²) in [5.41, 5.74) is 0.119. The Morgan fingerprint density at radius 1 is 1.19 bits per heavy atom. The molecule has 1 amide bonds. The van der Waals surface area contributed by atoms with Crippen LogP contribution in [0, 0.1) is 21.4 Å². The van der Waals surface area contributed by atoms with E-state index in [9.17, 15) is 20.2 Å². The van der Waals surface area contributed by atoms with Gasteiger partial charge in [-0.2, -0.15) is 5.26 Å². The van der Waals surface area contributed by atoms with Crippen molar-refractivity contribution >= 4 is 74.1 Å². The fourth-order valence-electron chi connectivity index (χ4n) is 2.52. The molecule has 0 aliphatic heterocycles. The van der Waals surface area contributed by atoms with Gasteiger partial charge in [-0.05, 0) is 46.3 Å². The molecular weight excluding hydrogens is 533 g/mol. The van der Waals surface area contributed by atoms with Crippen molar-refractivity contribution in [1.82, 2.24) is 0 Å². The molecule has 0 spiro atoms. The third-order valence-electron chi connectivity index (χ3n) is 3.97. The summed E-state index contributed by atoms with van der Waals surface area (Å²) in [5.74, 6) is -0.271. The van der Waals surface area contributed by atoms with Crippen molar-refractivity contribution in [3.05, 3.63) is 83.5 Å². The summed E-state index contributed by atoms with van der Waals surface area (Å²) in [6.45, 7) is 0. The number of nitro benzene ring substituents is 1. The van der Waals surface area contributed by atoms with Crippen molar-refractivity contribution in [2.75, 3.05) is 5.32 Å². The van der Waals surface area contributed by atoms with Gasteiger partial charge in [0.15, 0.2) is 0 Å². The fraction of sp³-hybridized carbons (Fsp3) is 0. The number of hydrogen-bond acceptors (Lipinski definition) is 5. The number of hydrogen-bond donors (Lipinski definition) is 1. The number of nitriles is 1. The number of carbonyl (C=O) groups excluding carboxylic acids is 1. The SMILES string of the molecule is N#C/C(=C/c1ccc(-c2cc(Cl)c(Br)c([N+](=O)[O-])c2)o1)C(=O)Nc1cccc(Cl)c1Cl. The monoisotopic (exact) mass is 539 g/mol. The minimum Gasteiger partial charge on any atom is -0.457 e. The number of nitrogens with zero attached hydrogens (tertiary/aromatic N) is 2. The highest BCUT2D eigenvalue weighted by atomic mass is 79.9. The van der Waals surface area contributed by atoms with Crippen molar-refractivity contribution in [2.24, 2.45) is 0 Å². The first-order valence-corrected chi connectivity index (χ1v) is 10.2. The van der Waals surface area contributed by atoms with Crippen LogP contribution in [0.15, 0.2) is 56.9 Å². The molecule has 1 N–H and O–H groups in total. The van der Waals surface area contributed by atoms with Gasteiger partial charge in [-0.3, -0.25) is 14.9 Å². The van der Waals surface area contributed by atoms with Crippen LogP contribution in [0.3, 0.4) is 0 Å². The second-order valence-electron chi connectivity index (χ2n) is 5.98. The van der Waals surface area contributed by atoms with Gasteiger partial charge in [0.05, 0.1) is 25.7 Å². The topological polar surface area (TPSA) is 109 Å².